The molecule has 0 radical (unpaired) electrons. The van der Waals surface area contributed by atoms with Crippen LogP contribution in [-0.2, 0) is 0 Å². The molecule has 0 unspecified atom stereocenters. The second-order valence-electron chi connectivity index (χ2n) is 5.92. The molecule has 0 saturated carbocycles. The van der Waals surface area contributed by atoms with Crippen LogP contribution in [0, 0.1) is 12.7 Å². The fourth-order valence-corrected chi connectivity index (χ4v) is 2.92. The van der Waals surface area contributed by atoms with Crippen molar-refractivity contribution in [1.82, 2.24) is 15.1 Å². The number of ether oxygens (including phenoxy) is 1. The number of rotatable bonds is 6. The largest absolute Gasteiger partial charge is 0.492 e. The first-order valence-electron chi connectivity index (χ1n) is 8.48. The molecule has 0 aliphatic heterocycles. The van der Waals surface area contributed by atoms with Gasteiger partial charge in [-0.2, -0.15) is 5.10 Å². The van der Waals surface area contributed by atoms with Crippen LogP contribution in [0.4, 0.5) is 4.39 Å². The molecule has 2 aromatic carbocycles. The first-order valence-corrected chi connectivity index (χ1v) is 9.27. The fraction of sp³-hybridized carbons (Fsp3) is 0.150. The van der Waals surface area contributed by atoms with Crippen molar-refractivity contribution in [3.8, 4) is 11.4 Å². The van der Waals surface area contributed by atoms with Gasteiger partial charge in [-0.15, -0.1) is 0 Å². The van der Waals surface area contributed by atoms with Crippen molar-refractivity contribution in [3.05, 3.63) is 86.5 Å². The molecule has 1 amide bonds. The number of nitrogens with zero attached hydrogens (tertiary/aromatic N) is 2. The van der Waals surface area contributed by atoms with E-state index in [1.165, 1.54) is 22.9 Å². The Labute approximate surface area is 169 Å². The highest BCUT2D eigenvalue weighted by atomic mass is 79.9. The van der Waals surface area contributed by atoms with Gasteiger partial charge in [-0.3, -0.25) is 9.59 Å². The van der Waals surface area contributed by atoms with Crippen LogP contribution in [0.2, 0.25) is 0 Å². The predicted molar refractivity (Wildman–Crippen MR) is 106 cm³/mol. The Bertz CT molecular complexity index is 1070. The second-order valence-corrected chi connectivity index (χ2v) is 6.84. The van der Waals surface area contributed by atoms with Crippen molar-refractivity contribution in [2.75, 3.05) is 13.2 Å². The van der Waals surface area contributed by atoms with Gasteiger partial charge in [-0.1, -0.05) is 34.1 Å². The molecule has 3 rings (SSSR count). The van der Waals surface area contributed by atoms with Crippen molar-refractivity contribution < 1.29 is 13.9 Å². The van der Waals surface area contributed by atoms with Gasteiger partial charge in [0.1, 0.15) is 23.9 Å². The number of hydrogen-bond acceptors (Lipinski definition) is 4. The summed E-state index contributed by atoms with van der Waals surface area (Å²) in [5.41, 5.74) is -0.261. The van der Waals surface area contributed by atoms with E-state index in [0.717, 1.165) is 4.47 Å². The van der Waals surface area contributed by atoms with E-state index in [1.54, 1.807) is 31.2 Å². The van der Waals surface area contributed by atoms with E-state index in [2.05, 4.69) is 26.3 Å². The minimum atomic E-state index is -0.645. The molecule has 0 fully saturated rings. The molecule has 28 heavy (non-hydrogen) atoms. The van der Waals surface area contributed by atoms with Crippen molar-refractivity contribution in [2.45, 2.75) is 6.92 Å². The highest BCUT2D eigenvalue weighted by molar-refractivity contribution is 9.10. The number of para-hydroxylation sites is 1. The lowest BCUT2D eigenvalue weighted by Gasteiger charge is -2.12. The summed E-state index contributed by atoms with van der Waals surface area (Å²) in [5, 5.41) is 6.65. The summed E-state index contributed by atoms with van der Waals surface area (Å²) < 4.78 is 21.7. The van der Waals surface area contributed by atoms with Crippen LogP contribution in [0.3, 0.4) is 0 Å². The number of carbonyl (C=O) groups excluding carboxylic acids is 1. The first kappa shape index (κ1) is 19.8. The molecule has 0 atom stereocenters. The van der Waals surface area contributed by atoms with E-state index in [-0.39, 0.29) is 24.5 Å². The van der Waals surface area contributed by atoms with Gasteiger partial charge >= 0.3 is 0 Å². The van der Waals surface area contributed by atoms with Gasteiger partial charge in [-0.05, 0) is 37.3 Å². The number of aromatic nitrogens is 2. The number of carbonyl (C=O) groups is 1. The average molecular weight is 446 g/mol. The lowest BCUT2D eigenvalue weighted by atomic mass is 10.2. The molecule has 1 N–H and O–H groups in total. The number of hydrogen-bond donors (Lipinski definition) is 1. The number of halogens is 2. The second kappa shape index (κ2) is 8.79. The number of benzene rings is 2. The van der Waals surface area contributed by atoms with Gasteiger partial charge in [0.25, 0.3) is 5.91 Å². The SMILES string of the molecule is Cc1cc(=O)c(C(=O)NCCOc2cccc(Br)c2)nn1-c1ccccc1F. The van der Waals surface area contributed by atoms with Crippen molar-refractivity contribution in [2.24, 2.45) is 0 Å². The highest BCUT2D eigenvalue weighted by Crippen LogP contribution is 2.17. The smallest absolute Gasteiger partial charge is 0.275 e. The van der Waals surface area contributed by atoms with Crippen LogP contribution in [0.25, 0.3) is 5.69 Å². The van der Waals surface area contributed by atoms with Gasteiger partial charge in [0.2, 0.25) is 5.43 Å². The zero-order valence-electron chi connectivity index (χ0n) is 15.0. The van der Waals surface area contributed by atoms with E-state index >= 15 is 0 Å². The summed E-state index contributed by atoms with van der Waals surface area (Å²) >= 11 is 3.35. The van der Waals surface area contributed by atoms with Crippen LogP contribution < -0.4 is 15.5 Å². The number of aryl methyl sites for hydroxylation is 1. The lowest BCUT2D eigenvalue weighted by Crippen LogP contribution is -2.34. The van der Waals surface area contributed by atoms with Crippen molar-refractivity contribution >= 4 is 21.8 Å². The average Bonchev–Trinajstić information content (AvgIpc) is 2.66. The summed E-state index contributed by atoms with van der Waals surface area (Å²) in [6.45, 7) is 2.02. The topological polar surface area (TPSA) is 73.2 Å². The fourth-order valence-electron chi connectivity index (χ4n) is 2.55. The third-order valence-electron chi connectivity index (χ3n) is 3.86. The Morgan fingerprint density at radius 1 is 1.21 bits per heavy atom. The van der Waals surface area contributed by atoms with E-state index in [0.29, 0.717) is 11.4 Å². The van der Waals surface area contributed by atoms with Crippen LogP contribution in [0.5, 0.6) is 5.75 Å². The Morgan fingerprint density at radius 2 is 2.00 bits per heavy atom. The summed E-state index contributed by atoms with van der Waals surface area (Å²) in [6, 6.07) is 14.6. The van der Waals surface area contributed by atoms with Gasteiger partial charge < -0.3 is 10.1 Å². The Kier molecular flexibility index (Phi) is 6.20. The molecule has 8 heteroatoms. The Morgan fingerprint density at radius 3 is 2.75 bits per heavy atom. The first-order chi connectivity index (χ1) is 13.5. The van der Waals surface area contributed by atoms with Crippen molar-refractivity contribution in [1.29, 1.82) is 0 Å². The zero-order valence-corrected chi connectivity index (χ0v) is 16.6. The van der Waals surface area contributed by atoms with E-state index < -0.39 is 17.2 Å². The maximum Gasteiger partial charge on any atom is 0.275 e. The van der Waals surface area contributed by atoms with E-state index in [1.807, 2.05) is 12.1 Å². The molecule has 6 nitrogen and oxygen atoms in total. The minimum absolute atomic E-state index is 0.159. The predicted octanol–water partition coefficient (Wildman–Crippen LogP) is 3.25. The van der Waals surface area contributed by atoms with Gasteiger partial charge in [-0.25, -0.2) is 9.07 Å². The third-order valence-corrected chi connectivity index (χ3v) is 4.35. The summed E-state index contributed by atoms with van der Waals surface area (Å²) in [5.74, 6) is -0.498. The quantitative estimate of drug-likeness (QED) is 0.591. The summed E-state index contributed by atoms with van der Waals surface area (Å²) in [6.07, 6.45) is 0. The maximum atomic E-state index is 14.1. The van der Waals surface area contributed by atoms with Crippen LogP contribution in [0.1, 0.15) is 16.2 Å². The van der Waals surface area contributed by atoms with Gasteiger partial charge in [0.15, 0.2) is 5.69 Å². The minimum Gasteiger partial charge on any atom is -0.492 e. The van der Waals surface area contributed by atoms with Crippen LogP contribution in [-0.4, -0.2) is 28.8 Å². The Hall–Kier alpha value is -3.00. The highest BCUT2D eigenvalue weighted by Gasteiger charge is 2.16. The molecule has 0 aliphatic rings. The molecule has 1 aromatic heterocycles. The molecule has 3 aromatic rings. The van der Waals surface area contributed by atoms with Crippen LogP contribution >= 0.6 is 15.9 Å². The molecule has 1 heterocycles. The maximum absolute atomic E-state index is 14.1. The molecule has 0 saturated heterocycles. The summed E-state index contributed by atoms with van der Waals surface area (Å²) in [4.78, 5) is 24.5. The third kappa shape index (κ3) is 4.64. The molecule has 0 spiro atoms. The van der Waals surface area contributed by atoms with Gasteiger partial charge in [0.05, 0.1) is 6.54 Å². The lowest BCUT2D eigenvalue weighted by molar-refractivity contribution is 0.0939. The standard InChI is InChI=1S/C20H17BrFN3O3/c1-13-11-18(26)19(24-25(13)17-8-3-2-7-16(17)22)20(27)23-9-10-28-15-6-4-5-14(21)12-15/h2-8,11-12H,9-10H2,1H3,(H,23,27). The molecule has 144 valence electrons. The molecule has 0 aliphatic carbocycles. The van der Waals surface area contributed by atoms with E-state index in [4.69, 9.17) is 4.74 Å². The van der Waals surface area contributed by atoms with Crippen LogP contribution in [0.15, 0.2) is 63.9 Å². The normalized spacial score (nSPS) is 10.5. The molecular weight excluding hydrogens is 429 g/mol. The van der Waals surface area contributed by atoms with Crippen molar-refractivity contribution in [3.63, 3.8) is 0 Å². The molecule has 0 bridgehead atoms. The number of amides is 1. The number of nitrogens with one attached hydrogen (secondary N) is 1. The van der Waals surface area contributed by atoms with Gasteiger partial charge in [0, 0.05) is 16.2 Å². The zero-order chi connectivity index (χ0) is 20.1. The summed E-state index contributed by atoms with van der Waals surface area (Å²) in [7, 11) is 0. The molecular formula is C20H17BrFN3O3. The van der Waals surface area contributed by atoms with E-state index in [9.17, 15) is 14.0 Å². The Balaban J connectivity index is 1.70. The monoisotopic (exact) mass is 445 g/mol.